The number of nitrogens with zero attached hydrogens (tertiary/aromatic N) is 3. The molecule has 19 heavy (non-hydrogen) atoms. The molecule has 0 saturated carbocycles. The molecule has 0 amide bonds. The number of rotatable bonds is 4. The Morgan fingerprint density at radius 3 is 2.58 bits per heavy atom. The summed E-state index contributed by atoms with van der Waals surface area (Å²) >= 11 is 0. The molecule has 1 N–H and O–H groups in total. The predicted octanol–water partition coefficient (Wildman–Crippen LogP) is 2.40. The van der Waals surface area contributed by atoms with Crippen LogP contribution in [0.25, 0.3) is 5.82 Å². The second-order valence-corrected chi connectivity index (χ2v) is 3.98. The number of halogens is 3. The number of aromatic nitrogens is 3. The van der Waals surface area contributed by atoms with Crippen molar-refractivity contribution in [1.29, 1.82) is 0 Å². The van der Waals surface area contributed by atoms with Crippen LogP contribution < -0.4 is 5.32 Å². The van der Waals surface area contributed by atoms with Crippen LogP contribution in [0.15, 0.2) is 30.7 Å². The van der Waals surface area contributed by atoms with Gasteiger partial charge < -0.3 is 5.32 Å². The molecular formula is C12H13F3N4. The number of nitrogens with one attached hydrogen (secondary N) is 1. The average Bonchev–Trinajstić information content (AvgIpc) is 2.86. The standard InChI is InChI=1S/C12H13F3N4/c1-2-16-5-9-3-4-11(17-6-9)19-8-10(7-18-19)12(13,14)15/h3-4,6-8,16H,2,5H2,1H3. The van der Waals surface area contributed by atoms with E-state index in [-0.39, 0.29) is 0 Å². The predicted molar refractivity (Wildman–Crippen MR) is 63.7 cm³/mol. The highest BCUT2D eigenvalue weighted by Crippen LogP contribution is 2.28. The summed E-state index contributed by atoms with van der Waals surface area (Å²) in [5.41, 5.74) is 0.180. The molecule has 0 aromatic carbocycles. The molecule has 0 unspecified atom stereocenters. The van der Waals surface area contributed by atoms with Crippen molar-refractivity contribution in [2.45, 2.75) is 19.6 Å². The molecule has 0 bridgehead atoms. The van der Waals surface area contributed by atoms with E-state index in [0.717, 1.165) is 29.2 Å². The molecule has 0 fully saturated rings. The minimum absolute atomic E-state index is 0.357. The zero-order valence-corrected chi connectivity index (χ0v) is 10.3. The molecule has 2 rings (SSSR count). The molecule has 0 aliphatic heterocycles. The Hall–Kier alpha value is -1.89. The first kappa shape index (κ1) is 13.5. The number of pyridine rings is 1. The number of alkyl halides is 3. The van der Waals surface area contributed by atoms with Crippen LogP contribution in [0, 0.1) is 0 Å². The van der Waals surface area contributed by atoms with Gasteiger partial charge >= 0.3 is 6.18 Å². The van der Waals surface area contributed by atoms with Gasteiger partial charge in [-0.25, -0.2) is 9.67 Å². The van der Waals surface area contributed by atoms with E-state index in [1.807, 2.05) is 6.92 Å². The van der Waals surface area contributed by atoms with Crippen LogP contribution in [0.3, 0.4) is 0 Å². The van der Waals surface area contributed by atoms with Crippen molar-refractivity contribution in [3.63, 3.8) is 0 Å². The largest absolute Gasteiger partial charge is 0.419 e. The molecule has 102 valence electrons. The average molecular weight is 270 g/mol. The van der Waals surface area contributed by atoms with Gasteiger partial charge in [0, 0.05) is 18.9 Å². The summed E-state index contributed by atoms with van der Waals surface area (Å²) in [7, 11) is 0. The lowest BCUT2D eigenvalue weighted by Crippen LogP contribution is -2.12. The molecule has 4 nitrogen and oxygen atoms in total. The Morgan fingerprint density at radius 2 is 2.05 bits per heavy atom. The molecule has 0 radical (unpaired) electrons. The summed E-state index contributed by atoms with van der Waals surface area (Å²) in [4.78, 5) is 4.09. The van der Waals surface area contributed by atoms with Crippen LogP contribution >= 0.6 is 0 Å². The van der Waals surface area contributed by atoms with Crippen molar-refractivity contribution in [3.05, 3.63) is 41.9 Å². The van der Waals surface area contributed by atoms with Crippen molar-refractivity contribution >= 4 is 0 Å². The van der Waals surface area contributed by atoms with Gasteiger partial charge in [-0.2, -0.15) is 18.3 Å². The number of hydrogen-bond donors (Lipinski definition) is 1. The molecule has 0 spiro atoms. The molecule has 2 aromatic rings. The molecule has 0 aliphatic carbocycles. The first-order valence-electron chi connectivity index (χ1n) is 5.78. The molecule has 2 aromatic heterocycles. The van der Waals surface area contributed by atoms with Crippen molar-refractivity contribution in [2.24, 2.45) is 0 Å². The van der Waals surface area contributed by atoms with Crippen molar-refractivity contribution in [1.82, 2.24) is 20.1 Å². The highest BCUT2D eigenvalue weighted by molar-refractivity contribution is 5.26. The zero-order chi connectivity index (χ0) is 13.9. The van der Waals surface area contributed by atoms with Gasteiger partial charge in [0.25, 0.3) is 0 Å². The van der Waals surface area contributed by atoms with E-state index in [2.05, 4.69) is 15.4 Å². The maximum Gasteiger partial charge on any atom is 0.419 e. The Kier molecular flexibility index (Phi) is 3.84. The van der Waals surface area contributed by atoms with E-state index in [9.17, 15) is 13.2 Å². The summed E-state index contributed by atoms with van der Waals surface area (Å²) in [6, 6.07) is 3.44. The van der Waals surface area contributed by atoms with Gasteiger partial charge in [-0.3, -0.25) is 0 Å². The summed E-state index contributed by atoms with van der Waals surface area (Å²) in [5, 5.41) is 6.80. The zero-order valence-electron chi connectivity index (χ0n) is 10.3. The fourth-order valence-corrected chi connectivity index (χ4v) is 1.52. The van der Waals surface area contributed by atoms with Crippen molar-refractivity contribution in [2.75, 3.05) is 6.54 Å². The first-order chi connectivity index (χ1) is 9.00. The van der Waals surface area contributed by atoms with Crippen LogP contribution in [0.2, 0.25) is 0 Å². The molecular weight excluding hydrogens is 257 g/mol. The lowest BCUT2D eigenvalue weighted by atomic mass is 10.3. The van der Waals surface area contributed by atoms with E-state index in [0.29, 0.717) is 12.4 Å². The third-order valence-corrected chi connectivity index (χ3v) is 2.53. The van der Waals surface area contributed by atoms with E-state index in [1.165, 1.54) is 0 Å². The monoisotopic (exact) mass is 270 g/mol. The van der Waals surface area contributed by atoms with E-state index < -0.39 is 11.7 Å². The van der Waals surface area contributed by atoms with Gasteiger partial charge in [0.05, 0.1) is 11.8 Å². The van der Waals surface area contributed by atoms with Gasteiger partial charge in [0.15, 0.2) is 5.82 Å². The Balaban J connectivity index is 2.16. The highest BCUT2D eigenvalue weighted by Gasteiger charge is 2.32. The first-order valence-corrected chi connectivity index (χ1v) is 5.78. The maximum atomic E-state index is 12.4. The van der Waals surface area contributed by atoms with Crippen LogP contribution in [0.4, 0.5) is 13.2 Å². The maximum absolute atomic E-state index is 12.4. The molecule has 0 atom stereocenters. The van der Waals surface area contributed by atoms with Gasteiger partial charge in [-0.05, 0) is 18.2 Å². The Labute approximate surface area is 108 Å². The third kappa shape index (κ3) is 3.31. The van der Waals surface area contributed by atoms with E-state index >= 15 is 0 Å². The Bertz CT molecular complexity index is 531. The molecule has 7 heteroatoms. The van der Waals surface area contributed by atoms with Crippen molar-refractivity contribution < 1.29 is 13.2 Å². The van der Waals surface area contributed by atoms with Crippen molar-refractivity contribution in [3.8, 4) is 5.82 Å². The fraction of sp³-hybridized carbons (Fsp3) is 0.333. The minimum atomic E-state index is -4.39. The van der Waals surface area contributed by atoms with Gasteiger partial charge in [-0.1, -0.05) is 13.0 Å². The van der Waals surface area contributed by atoms with Crippen LogP contribution in [0.5, 0.6) is 0 Å². The lowest BCUT2D eigenvalue weighted by Gasteiger charge is -2.04. The molecule has 2 heterocycles. The van der Waals surface area contributed by atoms with E-state index in [1.54, 1.807) is 18.3 Å². The quantitative estimate of drug-likeness (QED) is 0.927. The summed E-state index contributed by atoms with van der Waals surface area (Å²) in [5.74, 6) is 0.357. The second kappa shape index (κ2) is 5.40. The molecule has 0 aliphatic rings. The summed E-state index contributed by atoms with van der Waals surface area (Å²) in [6.45, 7) is 3.51. The van der Waals surface area contributed by atoms with Crippen LogP contribution in [-0.4, -0.2) is 21.3 Å². The lowest BCUT2D eigenvalue weighted by molar-refractivity contribution is -0.137. The van der Waals surface area contributed by atoms with Crippen LogP contribution in [0.1, 0.15) is 18.1 Å². The second-order valence-electron chi connectivity index (χ2n) is 3.98. The normalized spacial score (nSPS) is 11.8. The van der Waals surface area contributed by atoms with Gasteiger partial charge in [-0.15, -0.1) is 0 Å². The fourth-order valence-electron chi connectivity index (χ4n) is 1.52. The summed E-state index contributed by atoms with van der Waals surface area (Å²) < 4.78 is 38.4. The van der Waals surface area contributed by atoms with Gasteiger partial charge in [0.1, 0.15) is 0 Å². The third-order valence-electron chi connectivity index (χ3n) is 2.53. The SMILES string of the molecule is CCNCc1ccc(-n2cc(C(F)(F)F)cn2)nc1. The van der Waals surface area contributed by atoms with Gasteiger partial charge in [0.2, 0.25) is 0 Å². The minimum Gasteiger partial charge on any atom is -0.313 e. The van der Waals surface area contributed by atoms with E-state index in [4.69, 9.17) is 0 Å². The number of hydrogen-bond acceptors (Lipinski definition) is 3. The molecule has 0 saturated heterocycles. The Morgan fingerprint density at radius 1 is 1.26 bits per heavy atom. The van der Waals surface area contributed by atoms with Crippen LogP contribution in [-0.2, 0) is 12.7 Å². The summed E-state index contributed by atoms with van der Waals surface area (Å²) in [6.07, 6.45) is -1.06. The topological polar surface area (TPSA) is 42.7 Å². The highest BCUT2D eigenvalue weighted by atomic mass is 19.4. The smallest absolute Gasteiger partial charge is 0.313 e.